The van der Waals surface area contributed by atoms with Crippen LogP contribution in [0.1, 0.15) is 28.4 Å². The molecule has 3 heteroatoms. The maximum Gasteiger partial charge on any atom is 0.0459 e. The van der Waals surface area contributed by atoms with Gasteiger partial charge in [-0.2, -0.15) is 0 Å². The zero-order valence-electron chi connectivity index (χ0n) is 15.3. The Kier molecular flexibility index (Phi) is 4.23. The topological polar surface area (TPSA) is 31.9 Å². The van der Waals surface area contributed by atoms with Crippen molar-refractivity contribution in [2.45, 2.75) is 18.9 Å². The van der Waals surface area contributed by atoms with Gasteiger partial charge < -0.3 is 4.98 Å². The summed E-state index contributed by atoms with van der Waals surface area (Å²) in [4.78, 5) is 10.8. The number of para-hydroxylation sites is 1. The maximum absolute atomic E-state index is 4.49. The van der Waals surface area contributed by atoms with Crippen molar-refractivity contribution in [3.8, 4) is 0 Å². The van der Waals surface area contributed by atoms with Crippen LogP contribution in [0.4, 0.5) is 0 Å². The van der Waals surface area contributed by atoms with Crippen LogP contribution in [0.5, 0.6) is 0 Å². The zero-order valence-corrected chi connectivity index (χ0v) is 15.3. The monoisotopic (exact) mass is 353 g/mol. The average Bonchev–Trinajstić information content (AvgIpc) is 3.12. The molecule has 0 saturated carbocycles. The van der Waals surface area contributed by atoms with Gasteiger partial charge in [-0.05, 0) is 29.3 Å². The van der Waals surface area contributed by atoms with Crippen LogP contribution in [0.3, 0.4) is 0 Å². The first kappa shape index (κ1) is 16.3. The van der Waals surface area contributed by atoms with Gasteiger partial charge in [0.25, 0.3) is 0 Å². The summed E-state index contributed by atoms with van der Waals surface area (Å²) in [5.74, 6) is 0.381. The molecule has 2 aromatic heterocycles. The van der Waals surface area contributed by atoms with E-state index in [-0.39, 0.29) is 0 Å². The van der Waals surface area contributed by atoms with E-state index in [0.717, 1.165) is 26.1 Å². The van der Waals surface area contributed by atoms with Crippen LogP contribution in [-0.4, -0.2) is 28.0 Å². The number of nitrogens with one attached hydrogen (secondary N) is 1. The Morgan fingerprint density at radius 1 is 0.926 bits per heavy atom. The standard InChI is InChI=1S/C24H23N3/c1-2-8-18(9-3-1)21-16-27(15-13-19-10-6-7-14-25-19)17-22-20-11-4-5-12-23(20)26-24(21)22/h1-12,14,21,26H,13,15-17H2. The Bertz CT molecular complexity index is 1040. The third kappa shape index (κ3) is 3.15. The summed E-state index contributed by atoms with van der Waals surface area (Å²) in [6.07, 6.45) is 2.87. The van der Waals surface area contributed by atoms with Crippen molar-refractivity contribution >= 4 is 10.9 Å². The molecule has 27 heavy (non-hydrogen) atoms. The number of hydrogen-bond acceptors (Lipinski definition) is 2. The summed E-state index contributed by atoms with van der Waals surface area (Å²) in [6.45, 7) is 3.06. The number of rotatable bonds is 4. The molecule has 134 valence electrons. The van der Waals surface area contributed by atoms with E-state index in [1.165, 1.54) is 33.4 Å². The normalized spacial score (nSPS) is 17.1. The molecular formula is C24H23N3. The Balaban J connectivity index is 1.50. The largest absolute Gasteiger partial charge is 0.358 e. The second kappa shape index (κ2) is 7.01. The van der Waals surface area contributed by atoms with Gasteiger partial charge in [0, 0.05) is 60.5 Å². The molecule has 0 fully saturated rings. The lowest BCUT2D eigenvalue weighted by molar-refractivity contribution is 0.242. The Morgan fingerprint density at radius 3 is 2.59 bits per heavy atom. The Labute approximate surface area is 159 Å². The van der Waals surface area contributed by atoms with Crippen molar-refractivity contribution < 1.29 is 0 Å². The molecule has 2 aromatic carbocycles. The second-order valence-electron chi connectivity index (χ2n) is 7.33. The maximum atomic E-state index is 4.49. The molecule has 1 unspecified atom stereocenters. The van der Waals surface area contributed by atoms with E-state index in [1.54, 1.807) is 0 Å². The van der Waals surface area contributed by atoms with Crippen molar-refractivity contribution in [3.05, 3.63) is 102 Å². The number of benzene rings is 2. The second-order valence-corrected chi connectivity index (χ2v) is 7.33. The number of pyridine rings is 1. The Morgan fingerprint density at radius 2 is 1.74 bits per heavy atom. The highest BCUT2D eigenvalue weighted by atomic mass is 15.1. The van der Waals surface area contributed by atoms with E-state index in [1.807, 2.05) is 12.3 Å². The first-order chi connectivity index (χ1) is 13.4. The van der Waals surface area contributed by atoms with Gasteiger partial charge >= 0.3 is 0 Å². The van der Waals surface area contributed by atoms with Crippen LogP contribution >= 0.6 is 0 Å². The minimum absolute atomic E-state index is 0.381. The SMILES string of the molecule is c1ccc(C2CN(CCc3ccccn3)Cc3c2[nH]c2ccccc32)cc1. The van der Waals surface area contributed by atoms with Crippen LogP contribution in [0.2, 0.25) is 0 Å². The van der Waals surface area contributed by atoms with Crippen LogP contribution in [-0.2, 0) is 13.0 Å². The predicted octanol–water partition coefficient (Wildman–Crippen LogP) is 4.75. The first-order valence-corrected chi connectivity index (χ1v) is 9.65. The highest BCUT2D eigenvalue weighted by molar-refractivity contribution is 5.85. The van der Waals surface area contributed by atoms with Crippen LogP contribution in [0.15, 0.2) is 79.0 Å². The summed E-state index contributed by atoms with van der Waals surface area (Å²) in [5.41, 5.74) is 6.63. The molecule has 0 spiro atoms. The molecule has 0 aliphatic carbocycles. The van der Waals surface area contributed by atoms with Crippen molar-refractivity contribution in [1.29, 1.82) is 0 Å². The number of H-pyrrole nitrogens is 1. The molecule has 0 amide bonds. The van der Waals surface area contributed by atoms with E-state index in [4.69, 9.17) is 0 Å². The summed E-state index contributed by atoms with van der Waals surface area (Å²) in [5, 5.41) is 1.36. The fourth-order valence-corrected chi connectivity index (χ4v) is 4.27. The summed E-state index contributed by atoms with van der Waals surface area (Å²) < 4.78 is 0. The molecule has 1 N–H and O–H groups in total. The van der Waals surface area contributed by atoms with Gasteiger partial charge in [-0.3, -0.25) is 9.88 Å². The van der Waals surface area contributed by atoms with E-state index in [9.17, 15) is 0 Å². The minimum Gasteiger partial charge on any atom is -0.358 e. The van der Waals surface area contributed by atoms with Crippen LogP contribution < -0.4 is 0 Å². The van der Waals surface area contributed by atoms with E-state index in [2.05, 4.69) is 81.6 Å². The zero-order chi connectivity index (χ0) is 18.1. The fraction of sp³-hybridized carbons (Fsp3) is 0.208. The highest BCUT2D eigenvalue weighted by Gasteiger charge is 2.29. The first-order valence-electron chi connectivity index (χ1n) is 9.65. The lowest BCUT2D eigenvalue weighted by atomic mass is 9.88. The molecule has 1 aliphatic rings. The van der Waals surface area contributed by atoms with Gasteiger partial charge in [0.2, 0.25) is 0 Å². The highest BCUT2D eigenvalue weighted by Crippen LogP contribution is 2.37. The van der Waals surface area contributed by atoms with Crippen molar-refractivity contribution in [1.82, 2.24) is 14.9 Å². The van der Waals surface area contributed by atoms with Crippen molar-refractivity contribution in [2.75, 3.05) is 13.1 Å². The molecule has 0 bridgehead atoms. The Hall–Kier alpha value is -2.91. The van der Waals surface area contributed by atoms with Crippen molar-refractivity contribution in [2.24, 2.45) is 0 Å². The van der Waals surface area contributed by atoms with Gasteiger partial charge in [-0.25, -0.2) is 0 Å². The molecule has 1 atom stereocenters. The van der Waals surface area contributed by atoms with Gasteiger partial charge in [-0.15, -0.1) is 0 Å². The smallest absolute Gasteiger partial charge is 0.0459 e. The lowest BCUT2D eigenvalue weighted by Gasteiger charge is -2.33. The summed E-state index contributed by atoms with van der Waals surface area (Å²) in [7, 11) is 0. The quantitative estimate of drug-likeness (QED) is 0.574. The molecule has 1 aliphatic heterocycles. The molecule has 3 nitrogen and oxygen atoms in total. The van der Waals surface area contributed by atoms with Gasteiger partial charge in [-0.1, -0.05) is 54.6 Å². The van der Waals surface area contributed by atoms with Gasteiger partial charge in [0.15, 0.2) is 0 Å². The number of hydrogen-bond donors (Lipinski definition) is 1. The predicted molar refractivity (Wildman–Crippen MR) is 110 cm³/mol. The molecular weight excluding hydrogens is 330 g/mol. The van der Waals surface area contributed by atoms with Crippen LogP contribution in [0, 0.1) is 0 Å². The number of aromatic nitrogens is 2. The molecule has 5 rings (SSSR count). The number of fused-ring (bicyclic) bond motifs is 3. The van der Waals surface area contributed by atoms with E-state index >= 15 is 0 Å². The van der Waals surface area contributed by atoms with Crippen LogP contribution in [0.25, 0.3) is 10.9 Å². The third-order valence-electron chi connectivity index (χ3n) is 5.63. The minimum atomic E-state index is 0.381. The third-order valence-corrected chi connectivity index (χ3v) is 5.63. The number of aromatic amines is 1. The van der Waals surface area contributed by atoms with E-state index in [0.29, 0.717) is 5.92 Å². The van der Waals surface area contributed by atoms with Crippen molar-refractivity contribution in [3.63, 3.8) is 0 Å². The summed E-state index contributed by atoms with van der Waals surface area (Å²) >= 11 is 0. The van der Waals surface area contributed by atoms with E-state index < -0.39 is 0 Å². The van der Waals surface area contributed by atoms with Gasteiger partial charge in [0.05, 0.1) is 0 Å². The molecule has 0 saturated heterocycles. The lowest BCUT2D eigenvalue weighted by Crippen LogP contribution is -2.35. The average molecular weight is 353 g/mol. The number of nitrogens with zero attached hydrogens (tertiary/aromatic N) is 2. The molecule has 0 radical (unpaired) electrons. The fourth-order valence-electron chi connectivity index (χ4n) is 4.27. The summed E-state index contributed by atoms with van der Waals surface area (Å²) in [6, 6.07) is 25.7. The molecule has 3 heterocycles. The molecule has 4 aromatic rings. The van der Waals surface area contributed by atoms with Gasteiger partial charge in [0.1, 0.15) is 0 Å².